The average Bonchev–Trinajstić information content (AvgIpc) is 2.17. The predicted octanol–water partition coefficient (Wildman–Crippen LogP) is 2.21. The maximum atomic E-state index is 10.4. The highest BCUT2D eigenvalue weighted by Gasteiger charge is 2.39. The normalized spacial score (nSPS) is 42.9. The van der Waals surface area contributed by atoms with Crippen molar-refractivity contribution in [3.8, 4) is 0 Å². The summed E-state index contributed by atoms with van der Waals surface area (Å²) < 4.78 is 0. The fourth-order valence-corrected chi connectivity index (χ4v) is 3.27. The van der Waals surface area contributed by atoms with Crippen molar-refractivity contribution < 1.29 is 9.90 Å². The van der Waals surface area contributed by atoms with Crippen LogP contribution in [0.5, 0.6) is 0 Å². The second-order valence-corrected chi connectivity index (χ2v) is 5.09. The van der Waals surface area contributed by atoms with Gasteiger partial charge in [-0.25, -0.2) is 0 Å². The number of carbonyl (C=O) groups excluding carboxylic acids is 1. The molecule has 2 rings (SSSR count). The largest absolute Gasteiger partial charge is 0.389 e. The standard InChI is InChI=1S/C12H19O2/c13-8-7-12(14)6-5-10-3-1-2-4-11(10)9-12/h10-11,14H,1-7,9H2. The molecular formula is C12H19O2. The van der Waals surface area contributed by atoms with Crippen LogP contribution in [-0.4, -0.2) is 17.0 Å². The van der Waals surface area contributed by atoms with Crippen molar-refractivity contribution in [3.63, 3.8) is 0 Å². The fraction of sp³-hybridized carbons (Fsp3) is 0.917. The van der Waals surface area contributed by atoms with Crippen molar-refractivity contribution in [1.29, 1.82) is 0 Å². The zero-order valence-electron chi connectivity index (χ0n) is 8.67. The Morgan fingerprint density at radius 2 is 1.93 bits per heavy atom. The third-order valence-corrected chi connectivity index (χ3v) is 4.09. The number of fused-ring (bicyclic) bond motifs is 1. The van der Waals surface area contributed by atoms with E-state index in [1.165, 1.54) is 25.7 Å². The molecule has 2 aliphatic carbocycles. The van der Waals surface area contributed by atoms with E-state index in [0.717, 1.165) is 25.2 Å². The van der Waals surface area contributed by atoms with Crippen molar-refractivity contribution in [3.05, 3.63) is 0 Å². The van der Waals surface area contributed by atoms with Gasteiger partial charge >= 0.3 is 0 Å². The lowest BCUT2D eigenvalue weighted by Gasteiger charge is -2.43. The third-order valence-electron chi connectivity index (χ3n) is 4.09. The lowest BCUT2D eigenvalue weighted by molar-refractivity contribution is -0.0396. The molecule has 0 bridgehead atoms. The van der Waals surface area contributed by atoms with E-state index in [1.807, 2.05) is 6.29 Å². The van der Waals surface area contributed by atoms with Gasteiger partial charge in [0, 0.05) is 6.42 Å². The van der Waals surface area contributed by atoms with E-state index in [2.05, 4.69) is 0 Å². The molecule has 79 valence electrons. The summed E-state index contributed by atoms with van der Waals surface area (Å²) >= 11 is 0. The number of hydrogen-bond acceptors (Lipinski definition) is 2. The Morgan fingerprint density at radius 1 is 1.21 bits per heavy atom. The first-order valence-electron chi connectivity index (χ1n) is 5.81. The highest BCUT2D eigenvalue weighted by Crippen LogP contribution is 2.45. The highest BCUT2D eigenvalue weighted by atomic mass is 16.3. The highest BCUT2D eigenvalue weighted by molar-refractivity contribution is 5.52. The SMILES string of the molecule is O=[C]CC1(O)CCC2CCCCC2C1. The zero-order chi connectivity index (χ0) is 10.0. The minimum absolute atomic E-state index is 0.218. The van der Waals surface area contributed by atoms with Crippen molar-refractivity contribution >= 4 is 6.29 Å². The first-order chi connectivity index (χ1) is 6.73. The van der Waals surface area contributed by atoms with Gasteiger partial charge in [-0.3, -0.25) is 4.79 Å². The van der Waals surface area contributed by atoms with Crippen LogP contribution >= 0.6 is 0 Å². The van der Waals surface area contributed by atoms with E-state index in [9.17, 15) is 9.90 Å². The molecule has 0 amide bonds. The summed E-state index contributed by atoms with van der Waals surface area (Å²) in [5.74, 6) is 1.51. The molecule has 1 N–H and O–H groups in total. The van der Waals surface area contributed by atoms with Crippen molar-refractivity contribution in [2.24, 2.45) is 11.8 Å². The molecule has 2 heteroatoms. The molecule has 0 aromatic heterocycles. The summed E-state index contributed by atoms with van der Waals surface area (Å²) in [7, 11) is 0. The maximum Gasteiger partial charge on any atom is 0.201 e. The molecule has 2 nitrogen and oxygen atoms in total. The topological polar surface area (TPSA) is 37.3 Å². The van der Waals surface area contributed by atoms with Crippen molar-refractivity contribution in [1.82, 2.24) is 0 Å². The molecule has 0 saturated heterocycles. The van der Waals surface area contributed by atoms with E-state index in [-0.39, 0.29) is 6.42 Å². The molecule has 3 atom stereocenters. The average molecular weight is 195 g/mol. The van der Waals surface area contributed by atoms with Crippen LogP contribution in [0.15, 0.2) is 0 Å². The molecule has 2 fully saturated rings. The summed E-state index contributed by atoms with van der Waals surface area (Å²) in [6, 6.07) is 0. The molecule has 0 aromatic rings. The molecule has 3 unspecified atom stereocenters. The number of aliphatic hydroxyl groups is 1. The lowest BCUT2D eigenvalue weighted by Crippen LogP contribution is -2.40. The van der Waals surface area contributed by atoms with Gasteiger partial charge in [0.15, 0.2) is 0 Å². The predicted molar refractivity (Wildman–Crippen MR) is 54.6 cm³/mol. The van der Waals surface area contributed by atoms with Crippen LogP contribution in [0.2, 0.25) is 0 Å². The van der Waals surface area contributed by atoms with Gasteiger partial charge in [0.05, 0.1) is 5.60 Å². The Balaban J connectivity index is 1.97. The Morgan fingerprint density at radius 3 is 2.64 bits per heavy atom. The molecule has 14 heavy (non-hydrogen) atoms. The minimum atomic E-state index is -0.708. The van der Waals surface area contributed by atoms with Crippen molar-refractivity contribution in [2.75, 3.05) is 0 Å². The van der Waals surface area contributed by atoms with Gasteiger partial charge in [-0.15, -0.1) is 0 Å². The zero-order valence-corrected chi connectivity index (χ0v) is 8.67. The Kier molecular flexibility index (Phi) is 2.91. The quantitative estimate of drug-likeness (QED) is 0.733. The van der Waals surface area contributed by atoms with Gasteiger partial charge in [-0.2, -0.15) is 0 Å². The van der Waals surface area contributed by atoms with Crippen LogP contribution in [0, 0.1) is 11.8 Å². The molecule has 2 saturated carbocycles. The minimum Gasteiger partial charge on any atom is -0.389 e. The second kappa shape index (κ2) is 4.01. The van der Waals surface area contributed by atoms with Crippen LogP contribution in [0.3, 0.4) is 0 Å². The summed E-state index contributed by atoms with van der Waals surface area (Å²) in [5.41, 5.74) is -0.708. The van der Waals surface area contributed by atoms with Crippen LogP contribution in [0.4, 0.5) is 0 Å². The summed E-state index contributed by atoms with van der Waals surface area (Å²) in [4.78, 5) is 10.4. The van der Waals surface area contributed by atoms with E-state index in [1.54, 1.807) is 0 Å². The monoisotopic (exact) mass is 195 g/mol. The lowest BCUT2D eigenvalue weighted by atomic mass is 9.65. The maximum absolute atomic E-state index is 10.4. The van der Waals surface area contributed by atoms with Crippen LogP contribution < -0.4 is 0 Å². The molecule has 0 aliphatic heterocycles. The molecule has 0 heterocycles. The molecule has 0 aromatic carbocycles. The summed E-state index contributed by atoms with van der Waals surface area (Å²) in [6.07, 6.45) is 10.1. The molecule has 2 aliphatic rings. The summed E-state index contributed by atoms with van der Waals surface area (Å²) in [6.45, 7) is 0. The number of rotatable bonds is 2. The van der Waals surface area contributed by atoms with Gasteiger partial charge in [-0.1, -0.05) is 25.7 Å². The fourth-order valence-electron chi connectivity index (χ4n) is 3.27. The van der Waals surface area contributed by atoms with E-state index >= 15 is 0 Å². The molecule has 1 radical (unpaired) electrons. The smallest absolute Gasteiger partial charge is 0.201 e. The van der Waals surface area contributed by atoms with Crippen LogP contribution in [0.1, 0.15) is 51.4 Å². The summed E-state index contributed by atoms with van der Waals surface area (Å²) in [5, 5.41) is 10.1. The third kappa shape index (κ3) is 2.00. The van der Waals surface area contributed by atoms with E-state index in [0.29, 0.717) is 5.92 Å². The van der Waals surface area contributed by atoms with Gasteiger partial charge in [-0.05, 0) is 31.1 Å². The van der Waals surface area contributed by atoms with Gasteiger partial charge in [0.1, 0.15) is 0 Å². The van der Waals surface area contributed by atoms with Gasteiger partial charge in [0.2, 0.25) is 6.29 Å². The van der Waals surface area contributed by atoms with Gasteiger partial charge < -0.3 is 5.11 Å². The Bertz CT molecular complexity index is 214. The molecular weight excluding hydrogens is 176 g/mol. The first kappa shape index (κ1) is 10.2. The Hall–Kier alpha value is -0.370. The number of hydrogen-bond donors (Lipinski definition) is 1. The first-order valence-corrected chi connectivity index (χ1v) is 5.81. The van der Waals surface area contributed by atoms with E-state index in [4.69, 9.17) is 0 Å². The van der Waals surface area contributed by atoms with E-state index < -0.39 is 5.60 Å². The molecule has 0 spiro atoms. The Labute approximate surface area is 85.7 Å². The van der Waals surface area contributed by atoms with Crippen molar-refractivity contribution in [2.45, 2.75) is 57.0 Å². The van der Waals surface area contributed by atoms with Crippen LogP contribution in [-0.2, 0) is 4.79 Å². The van der Waals surface area contributed by atoms with Crippen LogP contribution in [0.25, 0.3) is 0 Å². The second-order valence-electron chi connectivity index (χ2n) is 5.09. The van der Waals surface area contributed by atoms with Gasteiger partial charge in [0.25, 0.3) is 0 Å².